The lowest BCUT2D eigenvalue weighted by atomic mass is 9.98. The third-order valence-electron chi connectivity index (χ3n) is 8.07. The zero-order valence-electron chi connectivity index (χ0n) is 24.6. The van der Waals surface area contributed by atoms with Crippen LogP contribution in [0.25, 0.3) is 33.7 Å². The Bertz CT molecular complexity index is 1970. The van der Waals surface area contributed by atoms with Crippen LogP contribution < -0.4 is 11.2 Å². The first-order valence-corrected chi connectivity index (χ1v) is 14.7. The van der Waals surface area contributed by atoms with Crippen LogP contribution in [0.15, 0.2) is 88.5 Å². The second kappa shape index (κ2) is 12.0. The van der Waals surface area contributed by atoms with Gasteiger partial charge in [-0.1, -0.05) is 98.6 Å². The van der Waals surface area contributed by atoms with Gasteiger partial charge in [0.2, 0.25) is 0 Å². The fourth-order valence-electron chi connectivity index (χ4n) is 5.69. The van der Waals surface area contributed by atoms with E-state index in [0.717, 1.165) is 59.3 Å². The lowest BCUT2D eigenvalue weighted by molar-refractivity contribution is 0.557. The predicted octanol–water partition coefficient (Wildman–Crippen LogP) is 5.13. The van der Waals surface area contributed by atoms with Crippen molar-refractivity contribution in [2.45, 2.75) is 52.1 Å². The van der Waals surface area contributed by atoms with Crippen LogP contribution >= 0.6 is 0 Å². The van der Waals surface area contributed by atoms with Gasteiger partial charge in [0.05, 0.1) is 6.04 Å². The van der Waals surface area contributed by atoms with Gasteiger partial charge in [-0.3, -0.25) is 13.9 Å². The molecule has 1 atom stereocenters. The molecule has 1 unspecified atom stereocenters. The maximum atomic E-state index is 14.1. The van der Waals surface area contributed by atoms with E-state index in [1.54, 1.807) is 7.05 Å². The molecule has 0 aliphatic rings. The third-order valence-corrected chi connectivity index (χ3v) is 8.07. The number of unbranched alkanes of at least 4 members (excludes halogenated alkanes) is 2. The molecule has 0 fully saturated rings. The zero-order valence-corrected chi connectivity index (χ0v) is 24.6. The summed E-state index contributed by atoms with van der Waals surface area (Å²) in [4.78, 5) is 32.5. The topological polar surface area (TPSA) is 116 Å². The van der Waals surface area contributed by atoms with Crippen molar-refractivity contribution < 1.29 is 0 Å². The molecule has 0 saturated heterocycles. The van der Waals surface area contributed by atoms with Crippen molar-refractivity contribution in [1.29, 1.82) is 0 Å². The minimum atomic E-state index is -0.428. The van der Waals surface area contributed by atoms with Gasteiger partial charge in [0.1, 0.15) is 5.82 Å². The van der Waals surface area contributed by atoms with Crippen molar-refractivity contribution in [3.63, 3.8) is 0 Å². The van der Waals surface area contributed by atoms with E-state index in [0.29, 0.717) is 23.5 Å². The average Bonchev–Trinajstić information content (AvgIpc) is 3.70. The number of aryl methyl sites for hydroxylation is 2. The number of rotatable bonds is 10. The van der Waals surface area contributed by atoms with Crippen LogP contribution in [-0.4, -0.2) is 39.3 Å². The molecule has 6 rings (SSSR count). The lowest BCUT2D eigenvalue weighted by Crippen LogP contribution is -2.41. The fraction of sp³-hybridized carbons (Fsp3) is 0.273. The summed E-state index contributed by atoms with van der Waals surface area (Å²) in [7, 11) is 1.70. The number of nitrogens with one attached hydrogen (secondary N) is 1. The van der Waals surface area contributed by atoms with Crippen LogP contribution in [0, 0.1) is 0 Å². The van der Waals surface area contributed by atoms with Crippen LogP contribution in [0.3, 0.4) is 0 Å². The number of H-pyrrole nitrogens is 1. The molecular weight excluding hydrogens is 540 g/mol. The van der Waals surface area contributed by atoms with Gasteiger partial charge < -0.3 is 4.57 Å². The van der Waals surface area contributed by atoms with E-state index in [1.165, 1.54) is 9.13 Å². The van der Waals surface area contributed by atoms with Gasteiger partial charge in [-0.05, 0) is 46.0 Å². The first-order valence-electron chi connectivity index (χ1n) is 14.7. The maximum absolute atomic E-state index is 14.1. The Balaban J connectivity index is 1.43. The van der Waals surface area contributed by atoms with Gasteiger partial charge in [0.25, 0.3) is 5.56 Å². The molecule has 6 aromatic rings. The Kier molecular flexibility index (Phi) is 7.83. The van der Waals surface area contributed by atoms with Gasteiger partial charge in [0.15, 0.2) is 17.0 Å². The molecule has 0 saturated carbocycles. The quantitative estimate of drug-likeness (QED) is 0.227. The molecule has 0 amide bonds. The Morgan fingerprint density at radius 2 is 1.60 bits per heavy atom. The van der Waals surface area contributed by atoms with Crippen LogP contribution in [0.5, 0.6) is 0 Å². The Hall–Kier alpha value is -5.12. The summed E-state index contributed by atoms with van der Waals surface area (Å²) in [5.41, 5.74) is 5.03. The number of hydrogen-bond donors (Lipinski definition) is 1. The van der Waals surface area contributed by atoms with Crippen LogP contribution in [0.2, 0.25) is 0 Å². The van der Waals surface area contributed by atoms with Crippen LogP contribution in [-0.2, 0) is 20.0 Å². The summed E-state index contributed by atoms with van der Waals surface area (Å²) in [6, 6.07) is 25.4. The number of aromatic amines is 1. The molecule has 43 heavy (non-hydrogen) atoms. The third kappa shape index (κ3) is 5.31. The smallest absolute Gasteiger partial charge is 0.318 e. The van der Waals surface area contributed by atoms with Gasteiger partial charge in [-0.15, -0.1) is 5.10 Å². The van der Waals surface area contributed by atoms with Gasteiger partial charge >= 0.3 is 5.69 Å². The summed E-state index contributed by atoms with van der Waals surface area (Å²) in [6.45, 7) is 4.51. The second-order valence-corrected chi connectivity index (χ2v) is 10.8. The highest BCUT2D eigenvalue weighted by molar-refractivity contribution is 5.80. The molecule has 0 bridgehead atoms. The number of nitrogens with zero attached hydrogens (tertiary/aromatic N) is 7. The predicted molar refractivity (Wildman–Crippen MR) is 167 cm³/mol. The van der Waals surface area contributed by atoms with Gasteiger partial charge in [-0.2, -0.15) is 0 Å². The van der Waals surface area contributed by atoms with E-state index < -0.39 is 6.04 Å². The number of aromatic nitrogens is 8. The van der Waals surface area contributed by atoms with E-state index in [-0.39, 0.29) is 11.2 Å². The summed E-state index contributed by atoms with van der Waals surface area (Å²) in [6.07, 6.45) is 3.81. The van der Waals surface area contributed by atoms with E-state index in [9.17, 15) is 9.59 Å². The van der Waals surface area contributed by atoms with Gasteiger partial charge in [0, 0.05) is 25.6 Å². The molecule has 1 N–H and O–H groups in total. The van der Waals surface area contributed by atoms with Crippen molar-refractivity contribution in [3.8, 4) is 22.5 Å². The van der Waals surface area contributed by atoms with Gasteiger partial charge in [-0.25, -0.2) is 14.9 Å². The van der Waals surface area contributed by atoms with E-state index >= 15 is 0 Å². The number of hydrogen-bond acceptors (Lipinski definition) is 6. The standard InChI is InChI=1S/C33H34N8O2/c1-4-5-7-16-28-34-31-29(32(42)41(33(43)39(31)3)22(2)24-12-8-6-9-13-24)40(28)21-23-17-19-25(20-18-23)26-14-10-11-15-27(26)30-35-37-38-36-30/h6,8-15,17-20,22H,4-5,7,16,21H2,1-3H3,(H,35,36,37,38). The molecule has 0 aliphatic carbocycles. The van der Waals surface area contributed by atoms with Crippen LogP contribution in [0.1, 0.15) is 56.1 Å². The molecule has 218 valence electrons. The number of benzene rings is 3. The molecule has 0 spiro atoms. The molecular formula is C33H34N8O2. The summed E-state index contributed by atoms with van der Waals surface area (Å²) < 4.78 is 4.86. The largest absolute Gasteiger partial charge is 0.333 e. The average molecular weight is 575 g/mol. The van der Waals surface area contributed by atoms with E-state index in [1.807, 2.05) is 66.1 Å². The fourth-order valence-corrected chi connectivity index (χ4v) is 5.69. The molecule has 3 aromatic heterocycles. The number of imidazole rings is 1. The molecule has 3 heterocycles. The minimum Gasteiger partial charge on any atom is -0.318 e. The number of tetrazole rings is 1. The molecule has 10 heteroatoms. The highest BCUT2D eigenvalue weighted by Gasteiger charge is 2.23. The highest BCUT2D eigenvalue weighted by atomic mass is 16.2. The zero-order chi connectivity index (χ0) is 29.9. The van der Waals surface area contributed by atoms with Crippen molar-refractivity contribution in [2.75, 3.05) is 0 Å². The molecule has 10 nitrogen and oxygen atoms in total. The van der Waals surface area contributed by atoms with Crippen molar-refractivity contribution in [2.24, 2.45) is 7.05 Å². The van der Waals surface area contributed by atoms with Crippen molar-refractivity contribution in [3.05, 3.63) is 117 Å². The monoisotopic (exact) mass is 574 g/mol. The first-order chi connectivity index (χ1) is 21.0. The lowest BCUT2D eigenvalue weighted by Gasteiger charge is -2.17. The molecule has 0 radical (unpaired) electrons. The SMILES string of the molecule is CCCCCc1nc2c(c(=O)n(C(C)c3ccccc3)c(=O)n2C)n1Cc1ccc(-c2ccccc2-c2nnn[nH]2)cc1. The molecule has 0 aliphatic heterocycles. The first kappa shape index (κ1) is 28.0. The summed E-state index contributed by atoms with van der Waals surface area (Å²) in [5.74, 6) is 1.42. The maximum Gasteiger partial charge on any atom is 0.333 e. The molecule has 3 aromatic carbocycles. The van der Waals surface area contributed by atoms with E-state index in [2.05, 4.69) is 51.8 Å². The Labute approximate surface area is 248 Å². The Morgan fingerprint density at radius 1 is 0.884 bits per heavy atom. The van der Waals surface area contributed by atoms with Crippen molar-refractivity contribution >= 4 is 11.2 Å². The minimum absolute atomic E-state index is 0.324. The van der Waals surface area contributed by atoms with Crippen LogP contribution in [0.4, 0.5) is 0 Å². The summed E-state index contributed by atoms with van der Waals surface area (Å²) >= 11 is 0. The van der Waals surface area contributed by atoms with E-state index in [4.69, 9.17) is 4.98 Å². The Morgan fingerprint density at radius 3 is 2.30 bits per heavy atom. The summed E-state index contributed by atoms with van der Waals surface area (Å²) in [5, 5.41) is 14.4. The second-order valence-electron chi connectivity index (χ2n) is 10.8. The highest BCUT2D eigenvalue weighted by Crippen LogP contribution is 2.30. The van der Waals surface area contributed by atoms with Crippen molar-refractivity contribution in [1.82, 2.24) is 39.3 Å². The normalized spacial score (nSPS) is 12.2. The number of fused-ring (bicyclic) bond motifs is 1.